The molecular weight excluding hydrogens is 396 g/mol. The highest BCUT2D eigenvalue weighted by atomic mass is 16.5. The van der Waals surface area contributed by atoms with Gasteiger partial charge in [-0.3, -0.25) is 4.79 Å². The number of para-hydroxylation sites is 1. The van der Waals surface area contributed by atoms with Crippen LogP contribution in [0.1, 0.15) is 51.6 Å². The molecule has 0 aliphatic heterocycles. The molecule has 0 saturated heterocycles. The summed E-state index contributed by atoms with van der Waals surface area (Å²) in [5.74, 6) is -1.59. The molecule has 3 rings (SSSR count). The number of aryl methyl sites for hydroxylation is 1. The monoisotopic (exact) mass is 420 g/mol. The standard InChI is InChI=1S/C24H24N2O5/c1-5-30-24(29)21-14(2)22(25-15(21)3)23(28)16(4)31-20(27)13-12-18-11-10-17-8-6-7-9-19(17)26-18/h6-13,16,25H,5H2,1-4H3. The molecule has 0 saturated carbocycles. The summed E-state index contributed by atoms with van der Waals surface area (Å²) in [6, 6.07) is 11.4. The second-order valence-corrected chi connectivity index (χ2v) is 7.05. The zero-order valence-corrected chi connectivity index (χ0v) is 17.9. The van der Waals surface area contributed by atoms with Gasteiger partial charge in [0.05, 0.1) is 29.1 Å². The molecule has 0 aliphatic rings. The number of carbonyl (C=O) groups is 3. The first-order valence-corrected chi connectivity index (χ1v) is 9.96. The van der Waals surface area contributed by atoms with Crippen LogP contribution in [-0.4, -0.2) is 40.4 Å². The van der Waals surface area contributed by atoms with Crippen molar-refractivity contribution >= 4 is 34.7 Å². The first-order chi connectivity index (χ1) is 14.8. The number of nitrogens with one attached hydrogen (secondary N) is 1. The number of esters is 2. The Kier molecular flexibility index (Phi) is 6.65. The smallest absolute Gasteiger partial charge is 0.340 e. The molecule has 2 aromatic heterocycles. The van der Waals surface area contributed by atoms with Crippen LogP contribution in [0.2, 0.25) is 0 Å². The van der Waals surface area contributed by atoms with E-state index in [-0.39, 0.29) is 12.3 Å². The first kappa shape index (κ1) is 22.0. The van der Waals surface area contributed by atoms with Gasteiger partial charge in [-0.15, -0.1) is 0 Å². The average Bonchev–Trinajstić information content (AvgIpc) is 3.05. The number of rotatable bonds is 7. The SMILES string of the molecule is CCOC(=O)c1c(C)[nH]c(C(=O)C(C)OC(=O)C=Cc2ccc3ccccc3n2)c1C. The topological polar surface area (TPSA) is 98.4 Å². The van der Waals surface area contributed by atoms with E-state index in [4.69, 9.17) is 9.47 Å². The molecule has 1 aromatic carbocycles. The summed E-state index contributed by atoms with van der Waals surface area (Å²) in [4.78, 5) is 44.5. The number of fused-ring (bicyclic) bond motifs is 1. The van der Waals surface area contributed by atoms with Crippen LogP contribution < -0.4 is 0 Å². The zero-order chi connectivity index (χ0) is 22.5. The lowest BCUT2D eigenvalue weighted by Gasteiger charge is -2.10. The van der Waals surface area contributed by atoms with Crippen molar-refractivity contribution in [3.63, 3.8) is 0 Å². The number of pyridine rings is 1. The number of benzene rings is 1. The molecule has 0 spiro atoms. The Morgan fingerprint density at radius 2 is 1.87 bits per heavy atom. The van der Waals surface area contributed by atoms with Crippen molar-refractivity contribution in [2.75, 3.05) is 6.61 Å². The molecule has 1 unspecified atom stereocenters. The van der Waals surface area contributed by atoms with E-state index in [0.717, 1.165) is 10.9 Å². The number of aromatic amines is 1. The minimum atomic E-state index is -1.03. The Morgan fingerprint density at radius 1 is 1.13 bits per heavy atom. The van der Waals surface area contributed by atoms with Crippen molar-refractivity contribution in [1.29, 1.82) is 0 Å². The Bertz CT molecular complexity index is 1180. The second-order valence-electron chi connectivity index (χ2n) is 7.05. The number of ketones is 1. The Morgan fingerprint density at radius 3 is 2.61 bits per heavy atom. The molecule has 7 heteroatoms. The Balaban J connectivity index is 1.69. The van der Waals surface area contributed by atoms with Crippen LogP contribution in [0.4, 0.5) is 0 Å². The summed E-state index contributed by atoms with van der Waals surface area (Å²) in [5, 5.41) is 1.00. The molecular formula is C24H24N2O5. The Labute approximate surface area is 180 Å². The molecule has 7 nitrogen and oxygen atoms in total. The van der Waals surface area contributed by atoms with E-state index in [1.165, 1.54) is 19.1 Å². The second kappa shape index (κ2) is 9.38. The fraction of sp³-hybridized carbons (Fsp3) is 0.250. The van der Waals surface area contributed by atoms with Gasteiger partial charge in [-0.2, -0.15) is 0 Å². The third-order valence-corrected chi connectivity index (χ3v) is 4.84. The van der Waals surface area contributed by atoms with Gasteiger partial charge >= 0.3 is 11.9 Å². The van der Waals surface area contributed by atoms with Crippen LogP contribution in [0.15, 0.2) is 42.5 Å². The molecule has 1 N–H and O–H groups in total. The molecule has 0 fully saturated rings. The van der Waals surface area contributed by atoms with Gasteiger partial charge in [0.25, 0.3) is 0 Å². The molecule has 2 heterocycles. The van der Waals surface area contributed by atoms with Crippen LogP contribution in [0.3, 0.4) is 0 Å². The first-order valence-electron chi connectivity index (χ1n) is 9.96. The summed E-state index contributed by atoms with van der Waals surface area (Å²) in [6.45, 7) is 6.78. The van der Waals surface area contributed by atoms with Gasteiger partial charge in [0.15, 0.2) is 6.10 Å². The molecule has 0 amide bonds. The summed E-state index contributed by atoms with van der Waals surface area (Å²) in [6.07, 6.45) is 1.74. The van der Waals surface area contributed by atoms with Crippen LogP contribution in [0.5, 0.6) is 0 Å². The van der Waals surface area contributed by atoms with Gasteiger partial charge < -0.3 is 14.5 Å². The van der Waals surface area contributed by atoms with Gasteiger partial charge in [-0.25, -0.2) is 14.6 Å². The maximum absolute atomic E-state index is 12.8. The van der Waals surface area contributed by atoms with Crippen molar-refractivity contribution in [3.8, 4) is 0 Å². The van der Waals surface area contributed by atoms with Crippen molar-refractivity contribution in [2.45, 2.75) is 33.8 Å². The highest BCUT2D eigenvalue weighted by molar-refractivity contribution is 6.04. The number of ether oxygens (including phenoxy) is 2. The van der Waals surface area contributed by atoms with Gasteiger partial charge in [0.2, 0.25) is 5.78 Å². The van der Waals surface area contributed by atoms with Crippen LogP contribution >= 0.6 is 0 Å². The largest absolute Gasteiger partial charge is 0.462 e. The normalized spacial score (nSPS) is 12.1. The van der Waals surface area contributed by atoms with Crippen LogP contribution in [0, 0.1) is 13.8 Å². The molecule has 3 aromatic rings. The zero-order valence-electron chi connectivity index (χ0n) is 17.9. The lowest BCUT2D eigenvalue weighted by molar-refractivity contribution is -0.140. The van der Waals surface area contributed by atoms with Crippen LogP contribution in [0.25, 0.3) is 17.0 Å². The summed E-state index contributed by atoms with van der Waals surface area (Å²) < 4.78 is 10.3. The number of hydrogen-bond donors (Lipinski definition) is 1. The van der Waals surface area contributed by atoms with E-state index < -0.39 is 23.8 Å². The predicted molar refractivity (Wildman–Crippen MR) is 117 cm³/mol. The Hall–Kier alpha value is -3.74. The number of H-pyrrole nitrogens is 1. The number of carbonyl (C=O) groups excluding carboxylic acids is 3. The summed E-state index contributed by atoms with van der Waals surface area (Å²) in [5.41, 5.74) is 2.97. The predicted octanol–water partition coefficient (Wildman–Crippen LogP) is 4.18. The highest BCUT2D eigenvalue weighted by Gasteiger charge is 2.27. The van der Waals surface area contributed by atoms with E-state index in [1.807, 2.05) is 30.3 Å². The molecule has 160 valence electrons. The highest BCUT2D eigenvalue weighted by Crippen LogP contribution is 2.21. The number of hydrogen-bond acceptors (Lipinski definition) is 6. The van der Waals surface area contributed by atoms with E-state index in [9.17, 15) is 14.4 Å². The van der Waals surface area contributed by atoms with E-state index >= 15 is 0 Å². The fourth-order valence-electron chi connectivity index (χ4n) is 3.30. The third-order valence-electron chi connectivity index (χ3n) is 4.84. The molecule has 1 atom stereocenters. The van der Waals surface area contributed by atoms with Crippen LogP contribution in [-0.2, 0) is 14.3 Å². The lowest BCUT2D eigenvalue weighted by Crippen LogP contribution is -2.24. The average molecular weight is 420 g/mol. The quantitative estimate of drug-likeness (QED) is 0.350. The molecule has 0 aliphatic carbocycles. The van der Waals surface area contributed by atoms with Crippen molar-refractivity contribution < 1.29 is 23.9 Å². The number of Topliss-reactive ketones (excluding diaryl/α,β-unsaturated/α-hetero) is 1. The van der Waals surface area contributed by atoms with Crippen molar-refractivity contribution in [1.82, 2.24) is 9.97 Å². The van der Waals surface area contributed by atoms with Gasteiger partial charge in [0.1, 0.15) is 0 Å². The number of nitrogens with zero attached hydrogens (tertiary/aromatic N) is 1. The van der Waals surface area contributed by atoms with Gasteiger partial charge in [0, 0.05) is 17.2 Å². The minimum absolute atomic E-state index is 0.223. The fourth-order valence-corrected chi connectivity index (χ4v) is 3.30. The van der Waals surface area contributed by atoms with E-state index in [0.29, 0.717) is 22.5 Å². The van der Waals surface area contributed by atoms with Crippen molar-refractivity contribution in [2.24, 2.45) is 0 Å². The lowest BCUT2D eigenvalue weighted by atomic mass is 10.1. The summed E-state index contributed by atoms with van der Waals surface area (Å²) in [7, 11) is 0. The number of aromatic nitrogens is 2. The summed E-state index contributed by atoms with van der Waals surface area (Å²) >= 11 is 0. The van der Waals surface area contributed by atoms with Crippen molar-refractivity contribution in [3.05, 3.63) is 70.7 Å². The van der Waals surface area contributed by atoms with Gasteiger partial charge in [-0.05, 0) is 51.5 Å². The molecule has 0 bridgehead atoms. The maximum Gasteiger partial charge on any atom is 0.340 e. The molecule has 31 heavy (non-hydrogen) atoms. The minimum Gasteiger partial charge on any atom is -0.462 e. The van der Waals surface area contributed by atoms with E-state index in [2.05, 4.69) is 9.97 Å². The molecule has 0 radical (unpaired) electrons. The third kappa shape index (κ3) is 4.88. The van der Waals surface area contributed by atoms with Gasteiger partial charge in [-0.1, -0.05) is 24.3 Å². The maximum atomic E-state index is 12.8. The van der Waals surface area contributed by atoms with E-state index in [1.54, 1.807) is 26.8 Å².